The number of hydrogen-bond donors (Lipinski definition) is 1. The van der Waals surface area contributed by atoms with Crippen LogP contribution in [0.1, 0.15) is 50.5 Å². The topological polar surface area (TPSA) is 45.2 Å². The fraction of sp³-hybridized carbons (Fsp3) is 0.600. The SMILES string of the molecule is CCCCN(C(=O)c1cccc(NC)n1)C(C)CC. The molecule has 0 bridgehead atoms. The Morgan fingerprint density at radius 1 is 1.42 bits per heavy atom. The summed E-state index contributed by atoms with van der Waals surface area (Å²) in [6.45, 7) is 7.14. The molecule has 0 saturated carbocycles. The van der Waals surface area contributed by atoms with E-state index in [-0.39, 0.29) is 11.9 Å². The van der Waals surface area contributed by atoms with Crippen LogP contribution >= 0.6 is 0 Å². The molecule has 1 unspecified atom stereocenters. The fourth-order valence-corrected chi connectivity index (χ4v) is 1.91. The number of carbonyl (C=O) groups is 1. The van der Waals surface area contributed by atoms with Gasteiger partial charge in [-0.25, -0.2) is 4.98 Å². The molecule has 1 rings (SSSR count). The van der Waals surface area contributed by atoms with Crippen molar-refractivity contribution in [2.45, 2.75) is 46.1 Å². The zero-order chi connectivity index (χ0) is 14.3. The molecule has 1 aromatic heterocycles. The number of anilines is 1. The molecule has 1 heterocycles. The predicted octanol–water partition coefficient (Wildman–Crippen LogP) is 3.16. The summed E-state index contributed by atoms with van der Waals surface area (Å²) in [6, 6.07) is 5.75. The van der Waals surface area contributed by atoms with Gasteiger partial charge in [-0.05, 0) is 31.9 Å². The first-order chi connectivity index (χ1) is 9.13. The molecule has 1 N–H and O–H groups in total. The molecule has 4 heteroatoms. The lowest BCUT2D eigenvalue weighted by atomic mass is 10.1. The van der Waals surface area contributed by atoms with Crippen molar-refractivity contribution in [3.63, 3.8) is 0 Å². The summed E-state index contributed by atoms with van der Waals surface area (Å²) >= 11 is 0. The van der Waals surface area contributed by atoms with E-state index in [0.717, 1.165) is 31.6 Å². The van der Waals surface area contributed by atoms with Gasteiger partial charge < -0.3 is 10.2 Å². The molecule has 0 radical (unpaired) electrons. The Kier molecular flexibility index (Phi) is 6.33. The zero-order valence-corrected chi connectivity index (χ0v) is 12.4. The van der Waals surface area contributed by atoms with Crippen LogP contribution in [-0.2, 0) is 0 Å². The molecule has 1 atom stereocenters. The van der Waals surface area contributed by atoms with Gasteiger partial charge in [0.05, 0.1) is 0 Å². The summed E-state index contributed by atoms with van der Waals surface area (Å²) in [5.74, 6) is 0.755. The maximum Gasteiger partial charge on any atom is 0.272 e. The summed E-state index contributed by atoms with van der Waals surface area (Å²) in [5.41, 5.74) is 0.517. The number of pyridine rings is 1. The van der Waals surface area contributed by atoms with Crippen molar-refractivity contribution in [3.8, 4) is 0 Å². The Labute approximate surface area is 116 Å². The molecule has 1 aromatic rings. The van der Waals surface area contributed by atoms with E-state index >= 15 is 0 Å². The summed E-state index contributed by atoms with van der Waals surface area (Å²) < 4.78 is 0. The third-order valence-electron chi connectivity index (χ3n) is 3.36. The molecule has 1 amide bonds. The minimum absolute atomic E-state index is 0.0277. The Morgan fingerprint density at radius 3 is 2.74 bits per heavy atom. The van der Waals surface area contributed by atoms with Crippen LogP contribution in [0.5, 0.6) is 0 Å². The lowest BCUT2D eigenvalue weighted by Gasteiger charge is -2.28. The van der Waals surface area contributed by atoms with E-state index in [1.54, 1.807) is 13.1 Å². The zero-order valence-electron chi connectivity index (χ0n) is 12.4. The molecule has 19 heavy (non-hydrogen) atoms. The van der Waals surface area contributed by atoms with Crippen LogP contribution in [0.3, 0.4) is 0 Å². The normalized spacial score (nSPS) is 12.0. The fourth-order valence-electron chi connectivity index (χ4n) is 1.91. The molecule has 0 fully saturated rings. The average Bonchev–Trinajstić information content (AvgIpc) is 2.47. The molecule has 0 aliphatic heterocycles. The van der Waals surface area contributed by atoms with Crippen LogP contribution in [0.4, 0.5) is 5.82 Å². The monoisotopic (exact) mass is 263 g/mol. The van der Waals surface area contributed by atoms with E-state index in [1.165, 1.54) is 0 Å². The van der Waals surface area contributed by atoms with Gasteiger partial charge >= 0.3 is 0 Å². The number of nitrogens with zero attached hydrogens (tertiary/aromatic N) is 2. The van der Waals surface area contributed by atoms with Crippen molar-refractivity contribution in [2.75, 3.05) is 18.9 Å². The molecule has 0 aromatic carbocycles. The van der Waals surface area contributed by atoms with Crippen molar-refractivity contribution in [2.24, 2.45) is 0 Å². The molecule has 0 saturated heterocycles. The van der Waals surface area contributed by atoms with Crippen molar-refractivity contribution < 1.29 is 4.79 Å². The van der Waals surface area contributed by atoms with Gasteiger partial charge in [0.15, 0.2) is 0 Å². The number of rotatable bonds is 7. The maximum atomic E-state index is 12.6. The maximum absolute atomic E-state index is 12.6. The van der Waals surface area contributed by atoms with E-state index in [0.29, 0.717) is 5.69 Å². The quantitative estimate of drug-likeness (QED) is 0.822. The van der Waals surface area contributed by atoms with Crippen molar-refractivity contribution in [1.82, 2.24) is 9.88 Å². The van der Waals surface area contributed by atoms with E-state index < -0.39 is 0 Å². The van der Waals surface area contributed by atoms with Crippen molar-refractivity contribution >= 4 is 11.7 Å². The summed E-state index contributed by atoms with van der Waals surface area (Å²) in [5, 5.41) is 2.97. The molecule has 0 spiro atoms. The van der Waals surface area contributed by atoms with E-state index in [9.17, 15) is 4.79 Å². The molecule has 0 aliphatic rings. The molecular weight excluding hydrogens is 238 g/mol. The smallest absolute Gasteiger partial charge is 0.272 e. The highest BCUT2D eigenvalue weighted by molar-refractivity contribution is 5.92. The van der Waals surface area contributed by atoms with E-state index in [4.69, 9.17) is 0 Å². The van der Waals surface area contributed by atoms with Crippen LogP contribution in [0, 0.1) is 0 Å². The van der Waals surface area contributed by atoms with Gasteiger partial charge in [0.2, 0.25) is 0 Å². The Hall–Kier alpha value is -1.58. The number of unbranched alkanes of at least 4 members (excludes halogenated alkanes) is 1. The van der Waals surface area contributed by atoms with Crippen LogP contribution in [0.25, 0.3) is 0 Å². The Bertz CT molecular complexity index is 406. The van der Waals surface area contributed by atoms with Gasteiger partial charge in [0, 0.05) is 19.6 Å². The van der Waals surface area contributed by atoms with Gasteiger partial charge in [0.25, 0.3) is 5.91 Å². The van der Waals surface area contributed by atoms with Gasteiger partial charge in [-0.1, -0.05) is 26.3 Å². The molecular formula is C15H25N3O. The van der Waals surface area contributed by atoms with E-state index in [1.807, 2.05) is 17.0 Å². The number of amides is 1. The second-order valence-corrected chi connectivity index (χ2v) is 4.77. The lowest BCUT2D eigenvalue weighted by Crippen LogP contribution is -2.39. The second-order valence-electron chi connectivity index (χ2n) is 4.77. The predicted molar refractivity (Wildman–Crippen MR) is 79.5 cm³/mol. The third kappa shape index (κ3) is 4.23. The number of carbonyl (C=O) groups excluding carboxylic acids is 1. The average molecular weight is 263 g/mol. The highest BCUT2D eigenvalue weighted by Gasteiger charge is 2.21. The van der Waals surface area contributed by atoms with Gasteiger partial charge in [-0.3, -0.25) is 4.79 Å². The standard InChI is InChI=1S/C15H25N3O/c1-5-7-11-18(12(3)6-2)15(19)13-9-8-10-14(16-4)17-13/h8-10,12H,5-7,11H2,1-4H3,(H,16,17). The Balaban J connectivity index is 2.90. The molecule has 106 valence electrons. The minimum Gasteiger partial charge on any atom is -0.373 e. The van der Waals surface area contributed by atoms with Gasteiger partial charge in [0.1, 0.15) is 11.5 Å². The van der Waals surface area contributed by atoms with Crippen LogP contribution in [-0.4, -0.2) is 35.4 Å². The molecule has 0 aliphatic carbocycles. The van der Waals surface area contributed by atoms with E-state index in [2.05, 4.69) is 31.1 Å². The molecule has 4 nitrogen and oxygen atoms in total. The van der Waals surface area contributed by atoms with Gasteiger partial charge in [-0.15, -0.1) is 0 Å². The summed E-state index contributed by atoms with van der Waals surface area (Å²) in [4.78, 5) is 18.8. The first kappa shape index (κ1) is 15.5. The van der Waals surface area contributed by atoms with Crippen LogP contribution in [0.15, 0.2) is 18.2 Å². The number of aromatic nitrogens is 1. The highest BCUT2D eigenvalue weighted by Crippen LogP contribution is 2.12. The van der Waals surface area contributed by atoms with Crippen molar-refractivity contribution in [3.05, 3.63) is 23.9 Å². The van der Waals surface area contributed by atoms with Crippen molar-refractivity contribution in [1.29, 1.82) is 0 Å². The van der Waals surface area contributed by atoms with Crippen LogP contribution < -0.4 is 5.32 Å². The number of hydrogen-bond acceptors (Lipinski definition) is 3. The lowest BCUT2D eigenvalue weighted by molar-refractivity contribution is 0.0679. The highest BCUT2D eigenvalue weighted by atomic mass is 16.2. The second kappa shape index (κ2) is 7.77. The number of nitrogens with one attached hydrogen (secondary N) is 1. The largest absolute Gasteiger partial charge is 0.373 e. The first-order valence-electron chi connectivity index (χ1n) is 7.09. The Morgan fingerprint density at radius 2 is 2.16 bits per heavy atom. The summed E-state index contributed by atoms with van der Waals surface area (Å²) in [7, 11) is 1.81. The van der Waals surface area contributed by atoms with Gasteiger partial charge in [-0.2, -0.15) is 0 Å². The minimum atomic E-state index is 0.0277. The van der Waals surface area contributed by atoms with Crippen LogP contribution in [0.2, 0.25) is 0 Å². The summed E-state index contributed by atoms with van der Waals surface area (Å²) in [6.07, 6.45) is 3.08. The third-order valence-corrected chi connectivity index (χ3v) is 3.36. The first-order valence-corrected chi connectivity index (χ1v) is 7.09.